The van der Waals surface area contributed by atoms with E-state index in [-0.39, 0.29) is 11.6 Å². The largest absolute Gasteiger partial charge is 0.354 e. The van der Waals surface area contributed by atoms with E-state index in [0.29, 0.717) is 13.0 Å². The van der Waals surface area contributed by atoms with Crippen molar-refractivity contribution in [1.29, 1.82) is 0 Å². The number of carbonyl (C=O) groups is 1. The molecule has 0 saturated carbocycles. The highest BCUT2D eigenvalue weighted by atomic mass is 32.2. The number of hydrogen-bond donors (Lipinski definition) is 1. The summed E-state index contributed by atoms with van der Waals surface area (Å²) >= 11 is 0. The summed E-state index contributed by atoms with van der Waals surface area (Å²) in [5.41, 5.74) is 1.63. The molecule has 1 N–H and O–H groups in total. The molecule has 0 spiro atoms. The van der Waals surface area contributed by atoms with Crippen molar-refractivity contribution in [3.8, 4) is 0 Å². The van der Waals surface area contributed by atoms with E-state index in [1.807, 2.05) is 0 Å². The maximum atomic E-state index is 13.2. The molecule has 1 atom stereocenters. The van der Waals surface area contributed by atoms with Crippen molar-refractivity contribution in [2.45, 2.75) is 51.5 Å². The lowest BCUT2D eigenvalue weighted by molar-refractivity contribution is -0.122. The van der Waals surface area contributed by atoms with E-state index in [2.05, 4.69) is 11.4 Å². The number of sulfonamides is 1. The second-order valence-electron chi connectivity index (χ2n) is 6.61. The third kappa shape index (κ3) is 5.56. The third-order valence-corrected chi connectivity index (χ3v) is 5.72. The summed E-state index contributed by atoms with van der Waals surface area (Å²) in [5, 5.41) is 2.85. The minimum absolute atomic E-state index is 0.283. The number of benzene rings is 1. The van der Waals surface area contributed by atoms with Gasteiger partial charge in [0.15, 0.2) is 0 Å². The molecule has 2 rings (SSSR count). The average molecular weight is 383 g/mol. The number of anilines is 1. The van der Waals surface area contributed by atoms with Crippen LogP contribution in [0.3, 0.4) is 0 Å². The predicted molar refractivity (Wildman–Crippen MR) is 102 cm³/mol. The van der Waals surface area contributed by atoms with Gasteiger partial charge in [0.2, 0.25) is 15.9 Å². The quantitative estimate of drug-likeness (QED) is 0.701. The molecule has 144 valence electrons. The van der Waals surface area contributed by atoms with Gasteiger partial charge in [-0.3, -0.25) is 9.10 Å². The molecule has 1 aromatic carbocycles. The van der Waals surface area contributed by atoms with Crippen molar-refractivity contribution in [2.24, 2.45) is 0 Å². The van der Waals surface area contributed by atoms with Gasteiger partial charge in [0.1, 0.15) is 11.9 Å². The summed E-state index contributed by atoms with van der Waals surface area (Å²) < 4.78 is 38.8. The van der Waals surface area contributed by atoms with Crippen LogP contribution in [0.4, 0.5) is 10.1 Å². The van der Waals surface area contributed by atoms with Crippen molar-refractivity contribution in [3.63, 3.8) is 0 Å². The highest BCUT2D eigenvalue weighted by molar-refractivity contribution is 7.92. The highest BCUT2D eigenvalue weighted by Gasteiger charge is 2.31. The second-order valence-corrected chi connectivity index (χ2v) is 8.47. The molecular formula is C19H27FN2O3S. The van der Waals surface area contributed by atoms with Crippen molar-refractivity contribution >= 4 is 21.6 Å². The summed E-state index contributed by atoms with van der Waals surface area (Å²) in [6, 6.07) is 4.26. The number of halogens is 1. The lowest BCUT2D eigenvalue weighted by Crippen LogP contribution is -2.49. The maximum absolute atomic E-state index is 13.2. The van der Waals surface area contributed by atoms with Crippen LogP contribution in [0.2, 0.25) is 0 Å². The van der Waals surface area contributed by atoms with Gasteiger partial charge >= 0.3 is 0 Å². The Balaban J connectivity index is 2.09. The topological polar surface area (TPSA) is 66.5 Å². The zero-order valence-electron chi connectivity index (χ0n) is 15.4. The van der Waals surface area contributed by atoms with E-state index in [1.165, 1.54) is 42.7 Å². The van der Waals surface area contributed by atoms with Crippen LogP contribution < -0.4 is 9.62 Å². The van der Waals surface area contributed by atoms with Gasteiger partial charge in [-0.2, -0.15) is 0 Å². The van der Waals surface area contributed by atoms with E-state index in [1.54, 1.807) is 6.92 Å². The van der Waals surface area contributed by atoms with Gasteiger partial charge in [0, 0.05) is 6.54 Å². The van der Waals surface area contributed by atoms with Gasteiger partial charge in [-0.15, -0.1) is 0 Å². The number of allylic oxidation sites excluding steroid dienone is 1. The Kier molecular flexibility index (Phi) is 7.20. The molecule has 0 aromatic heterocycles. The molecule has 1 aliphatic rings. The maximum Gasteiger partial charge on any atom is 0.243 e. The van der Waals surface area contributed by atoms with Gasteiger partial charge in [-0.25, -0.2) is 12.8 Å². The first kappa shape index (κ1) is 20.4. The first-order chi connectivity index (χ1) is 12.3. The Hall–Kier alpha value is -1.89. The Morgan fingerprint density at radius 2 is 1.96 bits per heavy atom. The number of hydrogen-bond acceptors (Lipinski definition) is 3. The van der Waals surface area contributed by atoms with E-state index in [4.69, 9.17) is 0 Å². The summed E-state index contributed by atoms with van der Waals surface area (Å²) in [6.45, 7) is 2.25. The molecule has 0 saturated heterocycles. The molecule has 26 heavy (non-hydrogen) atoms. The van der Waals surface area contributed by atoms with Crippen molar-refractivity contribution in [3.05, 3.63) is 41.7 Å². The number of nitrogens with one attached hydrogen (secondary N) is 1. The lowest BCUT2D eigenvalue weighted by atomic mass is 9.97. The van der Waals surface area contributed by atoms with Crippen molar-refractivity contribution in [1.82, 2.24) is 5.32 Å². The zero-order chi connectivity index (χ0) is 19.2. The molecule has 5 nitrogen and oxygen atoms in total. The predicted octanol–water partition coefficient (Wildman–Crippen LogP) is 3.38. The molecule has 7 heteroatoms. The SMILES string of the molecule is CCC(C(=O)NCCC1=CCCCC1)N(c1ccc(F)cc1)S(C)(=O)=O. The monoisotopic (exact) mass is 382 g/mol. The van der Waals surface area contributed by atoms with Gasteiger partial charge < -0.3 is 5.32 Å². The standard InChI is InChI=1S/C19H27FN2O3S/c1-3-18(19(23)21-14-13-15-7-5-4-6-8-15)22(26(2,24)25)17-11-9-16(20)10-12-17/h7,9-12,18H,3-6,8,13-14H2,1-2H3,(H,21,23). The van der Waals surface area contributed by atoms with Crippen LogP contribution in [0.15, 0.2) is 35.9 Å². The van der Waals surface area contributed by atoms with Crippen LogP contribution in [0.5, 0.6) is 0 Å². The fourth-order valence-corrected chi connectivity index (χ4v) is 4.46. The zero-order valence-corrected chi connectivity index (χ0v) is 16.2. The summed E-state index contributed by atoms with van der Waals surface area (Å²) in [7, 11) is -3.69. The second kappa shape index (κ2) is 9.16. The van der Waals surface area contributed by atoms with Crippen LogP contribution in [0.1, 0.15) is 45.4 Å². The Labute approximate surface area is 155 Å². The molecule has 1 aromatic rings. The van der Waals surface area contributed by atoms with E-state index in [9.17, 15) is 17.6 Å². The normalized spacial score (nSPS) is 15.9. The third-order valence-electron chi connectivity index (χ3n) is 4.54. The van der Waals surface area contributed by atoms with Gasteiger partial charge in [-0.05, 0) is 62.8 Å². The number of carbonyl (C=O) groups excluding carboxylic acids is 1. The fourth-order valence-electron chi connectivity index (χ4n) is 3.24. The van der Waals surface area contributed by atoms with E-state index < -0.39 is 21.9 Å². The molecule has 1 amide bonds. The fraction of sp³-hybridized carbons (Fsp3) is 0.526. The Bertz CT molecular complexity index is 745. The first-order valence-corrected chi connectivity index (χ1v) is 10.9. The minimum Gasteiger partial charge on any atom is -0.354 e. The minimum atomic E-state index is -3.69. The lowest BCUT2D eigenvalue weighted by Gasteiger charge is -2.30. The van der Waals surface area contributed by atoms with Crippen LogP contribution in [0.25, 0.3) is 0 Å². The molecule has 0 bridgehead atoms. The molecule has 1 aliphatic carbocycles. The first-order valence-electron chi connectivity index (χ1n) is 9.03. The van der Waals surface area contributed by atoms with Crippen LogP contribution in [-0.4, -0.2) is 33.2 Å². The van der Waals surface area contributed by atoms with Gasteiger partial charge in [0.05, 0.1) is 11.9 Å². The molecule has 0 aliphatic heterocycles. The Morgan fingerprint density at radius 1 is 1.27 bits per heavy atom. The Morgan fingerprint density at radius 3 is 2.50 bits per heavy atom. The number of nitrogens with zero attached hydrogens (tertiary/aromatic N) is 1. The summed E-state index contributed by atoms with van der Waals surface area (Å²) in [5.74, 6) is -0.792. The van der Waals surface area contributed by atoms with Crippen LogP contribution in [0, 0.1) is 5.82 Å². The van der Waals surface area contributed by atoms with Gasteiger partial charge in [-0.1, -0.05) is 18.6 Å². The van der Waals surface area contributed by atoms with Gasteiger partial charge in [0.25, 0.3) is 0 Å². The molecule has 1 unspecified atom stereocenters. The summed E-state index contributed by atoms with van der Waals surface area (Å²) in [4.78, 5) is 12.6. The molecule has 0 heterocycles. The van der Waals surface area contributed by atoms with E-state index >= 15 is 0 Å². The summed E-state index contributed by atoms with van der Waals surface area (Å²) in [6.07, 6.45) is 8.95. The van der Waals surface area contributed by atoms with Crippen molar-refractivity contribution in [2.75, 3.05) is 17.1 Å². The molecular weight excluding hydrogens is 355 g/mol. The van der Waals surface area contributed by atoms with Crippen LogP contribution in [-0.2, 0) is 14.8 Å². The van der Waals surface area contributed by atoms with Crippen LogP contribution >= 0.6 is 0 Å². The van der Waals surface area contributed by atoms with Crippen molar-refractivity contribution < 1.29 is 17.6 Å². The van der Waals surface area contributed by atoms with E-state index in [0.717, 1.165) is 29.8 Å². The molecule has 0 radical (unpaired) electrons. The number of amides is 1. The average Bonchev–Trinajstić information content (AvgIpc) is 2.60. The highest BCUT2D eigenvalue weighted by Crippen LogP contribution is 2.23. The number of rotatable bonds is 8. The molecule has 0 fully saturated rings. The smallest absolute Gasteiger partial charge is 0.243 e.